The minimum atomic E-state index is 0.686. The van der Waals surface area contributed by atoms with Crippen LogP contribution in [0.3, 0.4) is 0 Å². The standard InChI is InChI=1S/C10H8BrN3S/c11-7-6-13-5-3-9(7)15-10-8(12)2-1-4-14-10/h1-6H,12H2. The van der Waals surface area contributed by atoms with Gasteiger partial charge in [0.15, 0.2) is 0 Å². The lowest BCUT2D eigenvalue weighted by molar-refractivity contribution is 1.13. The molecule has 2 aromatic heterocycles. The van der Waals surface area contributed by atoms with Crippen LogP contribution < -0.4 is 5.73 Å². The van der Waals surface area contributed by atoms with Gasteiger partial charge in [-0.15, -0.1) is 0 Å². The van der Waals surface area contributed by atoms with Crippen molar-refractivity contribution in [1.82, 2.24) is 9.97 Å². The Morgan fingerprint density at radius 2 is 2.13 bits per heavy atom. The van der Waals surface area contributed by atoms with Crippen LogP contribution in [0.5, 0.6) is 0 Å². The molecule has 0 aromatic carbocycles. The molecule has 0 bridgehead atoms. The van der Waals surface area contributed by atoms with Crippen LogP contribution in [-0.4, -0.2) is 9.97 Å². The third-order valence-corrected chi connectivity index (χ3v) is 3.75. The van der Waals surface area contributed by atoms with Crippen molar-refractivity contribution in [1.29, 1.82) is 0 Å². The molecule has 2 N–H and O–H groups in total. The Hall–Kier alpha value is -1.07. The molecule has 2 aromatic rings. The lowest BCUT2D eigenvalue weighted by Crippen LogP contribution is -1.90. The molecular formula is C10H8BrN3S. The third kappa shape index (κ3) is 2.49. The van der Waals surface area contributed by atoms with Crippen LogP contribution in [0.2, 0.25) is 0 Å². The van der Waals surface area contributed by atoms with Crippen molar-refractivity contribution in [3.63, 3.8) is 0 Å². The molecular weight excluding hydrogens is 274 g/mol. The molecule has 76 valence electrons. The Morgan fingerprint density at radius 3 is 2.87 bits per heavy atom. The molecule has 0 fully saturated rings. The van der Waals surface area contributed by atoms with E-state index in [4.69, 9.17) is 5.73 Å². The van der Waals surface area contributed by atoms with Gasteiger partial charge in [-0.25, -0.2) is 4.98 Å². The Kier molecular flexibility index (Phi) is 3.23. The summed E-state index contributed by atoms with van der Waals surface area (Å²) >= 11 is 4.94. The number of halogens is 1. The molecule has 0 aliphatic heterocycles. The van der Waals surface area contributed by atoms with Gasteiger partial charge in [0.05, 0.1) is 5.69 Å². The molecule has 0 amide bonds. The molecule has 0 spiro atoms. The first-order chi connectivity index (χ1) is 7.27. The summed E-state index contributed by atoms with van der Waals surface area (Å²) in [6.07, 6.45) is 5.22. The van der Waals surface area contributed by atoms with E-state index < -0.39 is 0 Å². The van der Waals surface area contributed by atoms with Gasteiger partial charge in [0.2, 0.25) is 0 Å². The van der Waals surface area contributed by atoms with E-state index in [2.05, 4.69) is 25.9 Å². The quantitative estimate of drug-likeness (QED) is 0.920. The smallest absolute Gasteiger partial charge is 0.124 e. The first kappa shape index (κ1) is 10.4. The summed E-state index contributed by atoms with van der Waals surface area (Å²) < 4.78 is 0.944. The van der Waals surface area contributed by atoms with Crippen molar-refractivity contribution < 1.29 is 0 Å². The molecule has 2 rings (SSSR count). The van der Waals surface area contributed by atoms with Gasteiger partial charge in [0.25, 0.3) is 0 Å². The molecule has 0 atom stereocenters. The maximum Gasteiger partial charge on any atom is 0.124 e. The van der Waals surface area contributed by atoms with Crippen LogP contribution >= 0.6 is 27.7 Å². The minimum absolute atomic E-state index is 0.686. The average molecular weight is 282 g/mol. The second kappa shape index (κ2) is 4.63. The zero-order valence-electron chi connectivity index (χ0n) is 7.72. The van der Waals surface area contributed by atoms with E-state index in [1.54, 1.807) is 18.6 Å². The molecule has 2 heterocycles. The van der Waals surface area contributed by atoms with E-state index in [0.717, 1.165) is 14.4 Å². The maximum absolute atomic E-state index is 5.80. The molecule has 3 nitrogen and oxygen atoms in total. The van der Waals surface area contributed by atoms with Crippen LogP contribution in [0.1, 0.15) is 0 Å². The van der Waals surface area contributed by atoms with Crippen molar-refractivity contribution in [2.45, 2.75) is 9.92 Å². The number of rotatable bonds is 2. The van der Waals surface area contributed by atoms with Gasteiger partial charge >= 0.3 is 0 Å². The average Bonchev–Trinajstić information content (AvgIpc) is 2.24. The highest BCUT2D eigenvalue weighted by Gasteiger charge is 2.05. The Labute approximate surface area is 100 Å². The van der Waals surface area contributed by atoms with Crippen LogP contribution in [0, 0.1) is 0 Å². The van der Waals surface area contributed by atoms with E-state index in [0.29, 0.717) is 5.69 Å². The van der Waals surface area contributed by atoms with Gasteiger partial charge in [-0.1, -0.05) is 11.8 Å². The Bertz CT molecular complexity index is 432. The van der Waals surface area contributed by atoms with Gasteiger partial charge in [0, 0.05) is 28.0 Å². The first-order valence-electron chi connectivity index (χ1n) is 4.25. The summed E-state index contributed by atoms with van der Waals surface area (Å²) in [5.41, 5.74) is 6.49. The molecule has 5 heteroatoms. The number of pyridine rings is 2. The molecule has 0 saturated heterocycles. The van der Waals surface area contributed by atoms with Crippen LogP contribution in [0.15, 0.2) is 51.2 Å². The monoisotopic (exact) mass is 281 g/mol. The molecule has 0 aliphatic rings. The van der Waals surface area contributed by atoms with E-state index in [1.165, 1.54) is 11.8 Å². The second-order valence-corrected chi connectivity index (χ2v) is 4.69. The van der Waals surface area contributed by atoms with Crippen molar-refractivity contribution in [2.75, 3.05) is 5.73 Å². The number of nitrogens with zero attached hydrogens (tertiary/aromatic N) is 2. The SMILES string of the molecule is Nc1cccnc1Sc1ccncc1Br. The molecule has 0 saturated carbocycles. The van der Waals surface area contributed by atoms with Crippen molar-refractivity contribution >= 4 is 33.4 Å². The van der Waals surface area contributed by atoms with Gasteiger partial charge in [0.1, 0.15) is 5.03 Å². The predicted octanol–water partition coefficient (Wildman–Crippen LogP) is 2.97. The highest BCUT2D eigenvalue weighted by molar-refractivity contribution is 9.10. The summed E-state index contributed by atoms with van der Waals surface area (Å²) in [4.78, 5) is 9.26. The molecule has 15 heavy (non-hydrogen) atoms. The highest BCUT2D eigenvalue weighted by Crippen LogP contribution is 2.33. The number of anilines is 1. The number of aromatic nitrogens is 2. The summed E-state index contributed by atoms with van der Waals surface area (Å²) in [5, 5.41) is 0.810. The van der Waals surface area contributed by atoms with E-state index in [-0.39, 0.29) is 0 Å². The number of hydrogen-bond acceptors (Lipinski definition) is 4. The van der Waals surface area contributed by atoms with Gasteiger partial charge in [-0.3, -0.25) is 4.98 Å². The summed E-state index contributed by atoms with van der Waals surface area (Å²) in [6, 6.07) is 5.58. The normalized spacial score (nSPS) is 10.2. The Morgan fingerprint density at radius 1 is 1.27 bits per heavy atom. The van der Waals surface area contributed by atoms with Gasteiger partial charge in [-0.2, -0.15) is 0 Å². The van der Waals surface area contributed by atoms with Gasteiger partial charge < -0.3 is 5.73 Å². The summed E-state index contributed by atoms with van der Waals surface area (Å²) in [7, 11) is 0. The zero-order chi connectivity index (χ0) is 10.7. The van der Waals surface area contributed by atoms with Crippen LogP contribution in [0.4, 0.5) is 5.69 Å². The minimum Gasteiger partial charge on any atom is -0.397 e. The number of nitrogens with two attached hydrogens (primary N) is 1. The Balaban J connectivity index is 2.30. The van der Waals surface area contributed by atoms with Crippen molar-refractivity contribution in [3.8, 4) is 0 Å². The number of nitrogen functional groups attached to an aromatic ring is 1. The van der Waals surface area contributed by atoms with E-state index in [1.807, 2.05) is 18.2 Å². The summed E-state index contributed by atoms with van der Waals surface area (Å²) in [5.74, 6) is 0. The predicted molar refractivity (Wildman–Crippen MR) is 64.7 cm³/mol. The van der Waals surface area contributed by atoms with Gasteiger partial charge in [-0.05, 0) is 34.1 Å². The van der Waals surface area contributed by atoms with Crippen molar-refractivity contribution in [3.05, 3.63) is 41.3 Å². The third-order valence-electron chi connectivity index (χ3n) is 1.74. The van der Waals surface area contributed by atoms with E-state index >= 15 is 0 Å². The maximum atomic E-state index is 5.80. The van der Waals surface area contributed by atoms with E-state index in [9.17, 15) is 0 Å². The fraction of sp³-hybridized carbons (Fsp3) is 0. The fourth-order valence-corrected chi connectivity index (χ4v) is 2.32. The first-order valence-corrected chi connectivity index (χ1v) is 5.86. The topological polar surface area (TPSA) is 51.8 Å². The largest absolute Gasteiger partial charge is 0.397 e. The molecule has 0 aliphatic carbocycles. The highest BCUT2D eigenvalue weighted by atomic mass is 79.9. The lowest BCUT2D eigenvalue weighted by atomic mass is 10.4. The molecule has 0 unspecified atom stereocenters. The summed E-state index contributed by atoms with van der Waals surface area (Å²) in [6.45, 7) is 0. The van der Waals surface area contributed by atoms with Crippen molar-refractivity contribution in [2.24, 2.45) is 0 Å². The fourth-order valence-electron chi connectivity index (χ4n) is 1.04. The molecule has 0 radical (unpaired) electrons. The zero-order valence-corrected chi connectivity index (χ0v) is 10.1. The lowest BCUT2D eigenvalue weighted by Gasteiger charge is -2.04. The van der Waals surface area contributed by atoms with Crippen LogP contribution in [-0.2, 0) is 0 Å². The van der Waals surface area contributed by atoms with Crippen LogP contribution in [0.25, 0.3) is 0 Å². The number of hydrogen-bond donors (Lipinski definition) is 1. The second-order valence-electron chi connectivity index (χ2n) is 2.81.